The number of halogens is 1. The molecule has 2 heterocycles. The molecule has 2 aliphatic heterocycles. The number of nitrogens with zero attached hydrogens (tertiary/aromatic N) is 1. The molecule has 0 spiro atoms. The predicted octanol–water partition coefficient (Wildman–Crippen LogP) is 5.30. The summed E-state index contributed by atoms with van der Waals surface area (Å²) in [7, 11) is 0. The predicted molar refractivity (Wildman–Crippen MR) is 166 cm³/mol. The summed E-state index contributed by atoms with van der Waals surface area (Å²) >= 11 is 7.09. The van der Waals surface area contributed by atoms with Crippen molar-refractivity contribution in [3.8, 4) is 28.7 Å². The number of rotatable bonds is 11. The van der Waals surface area contributed by atoms with Crippen molar-refractivity contribution in [1.29, 1.82) is 0 Å². The van der Waals surface area contributed by atoms with E-state index in [9.17, 15) is 24.6 Å². The van der Waals surface area contributed by atoms with Crippen molar-refractivity contribution in [3.05, 3.63) is 77.4 Å². The highest BCUT2D eigenvalue weighted by Crippen LogP contribution is 2.49. The van der Waals surface area contributed by atoms with E-state index in [0.29, 0.717) is 29.1 Å². The number of benzene rings is 3. The molecule has 5 rings (SSSR count). The second-order valence-corrected chi connectivity index (χ2v) is 11.2. The zero-order valence-corrected chi connectivity index (χ0v) is 25.8. The Hall–Kier alpha value is -4.38. The molecule has 3 aromatic rings. The van der Waals surface area contributed by atoms with Crippen LogP contribution < -0.4 is 18.9 Å². The van der Waals surface area contributed by atoms with Gasteiger partial charge in [-0.2, -0.15) is 0 Å². The molecule has 236 valence electrons. The second-order valence-electron chi connectivity index (χ2n) is 10.8. The Bertz CT molecular complexity index is 1610. The zero-order valence-electron chi connectivity index (χ0n) is 25.0. The number of ether oxygens (including phenoxy) is 4. The Morgan fingerprint density at radius 2 is 1.47 bits per heavy atom. The van der Waals surface area contributed by atoms with Crippen molar-refractivity contribution in [3.63, 3.8) is 0 Å². The Labute approximate surface area is 265 Å². The highest BCUT2D eigenvalue weighted by molar-refractivity contribution is 6.53. The van der Waals surface area contributed by atoms with Crippen LogP contribution in [0.1, 0.15) is 56.2 Å². The molecule has 10 nitrogen and oxygen atoms in total. The number of phenolic OH excluding ortho intramolecular Hbond substituents is 1. The number of aliphatic hydroxyl groups is 1. The monoisotopic (exact) mass is 635 g/mol. The molecule has 1 unspecified atom stereocenters. The summed E-state index contributed by atoms with van der Waals surface area (Å²) in [6.45, 7) is 7.95. The highest BCUT2D eigenvalue weighted by atomic mass is 35.5. The van der Waals surface area contributed by atoms with Gasteiger partial charge in [0.25, 0.3) is 0 Å². The normalized spacial score (nSPS) is 18.2. The van der Waals surface area contributed by atoms with Crippen LogP contribution in [0.4, 0.5) is 0 Å². The molecule has 3 aromatic carbocycles. The first-order valence-electron chi connectivity index (χ1n) is 14.8. The minimum atomic E-state index is -2.44. The van der Waals surface area contributed by atoms with E-state index in [2.05, 4.69) is 18.7 Å². The van der Waals surface area contributed by atoms with Crippen LogP contribution in [-0.2, 0) is 14.4 Å². The molecule has 2 N–H and O–H groups in total. The van der Waals surface area contributed by atoms with Gasteiger partial charge in [0, 0.05) is 11.1 Å². The minimum absolute atomic E-state index is 0.0537. The molecule has 45 heavy (non-hydrogen) atoms. The SMILES string of the molecule is CCN(CC)CCCCOc1ccc(/C(=C(\Cl)c2ccc3c4c2OC(=O)CC(O)(CC(=O)O3)C(=O)O4)c2ccc(O)cc2)cc1. The van der Waals surface area contributed by atoms with Crippen LogP contribution in [0, 0.1) is 0 Å². The van der Waals surface area contributed by atoms with Crippen molar-refractivity contribution in [2.24, 2.45) is 0 Å². The van der Waals surface area contributed by atoms with Crippen LogP contribution in [0.2, 0.25) is 0 Å². The highest BCUT2D eigenvalue weighted by Gasteiger charge is 2.48. The van der Waals surface area contributed by atoms with Crippen molar-refractivity contribution >= 4 is 40.1 Å². The van der Waals surface area contributed by atoms with Gasteiger partial charge in [-0.25, -0.2) is 4.79 Å². The lowest BCUT2D eigenvalue weighted by molar-refractivity contribution is -0.170. The van der Waals surface area contributed by atoms with E-state index in [1.807, 2.05) is 24.3 Å². The Morgan fingerprint density at radius 1 is 0.844 bits per heavy atom. The second kappa shape index (κ2) is 13.7. The molecule has 0 aliphatic carbocycles. The number of esters is 3. The Balaban J connectivity index is 1.52. The number of carbonyl (C=O) groups is 3. The van der Waals surface area contributed by atoms with Gasteiger partial charge in [0.1, 0.15) is 11.5 Å². The third kappa shape index (κ3) is 7.14. The smallest absolute Gasteiger partial charge is 0.345 e. The summed E-state index contributed by atoms with van der Waals surface area (Å²) in [6, 6.07) is 16.5. The molecular formula is C34H34ClNO9. The van der Waals surface area contributed by atoms with Gasteiger partial charge in [-0.1, -0.05) is 49.7 Å². The third-order valence-electron chi connectivity index (χ3n) is 7.75. The molecule has 0 amide bonds. The van der Waals surface area contributed by atoms with Crippen molar-refractivity contribution in [2.45, 2.75) is 45.1 Å². The lowest BCUT2D eigenvalue weighted by Crippen LogP contribution is -2.48. The molecule has 0 saturated heterocycles. The molecule has 0 radical (unpaired) electrons. The van der Waals surface area contributed by atoms with E-state index in [-0.39, 0.29) is 33.6 Å². The number of carbonyl (C=O) groups excluding carboxylic acids is 3. The summed E-state index contributed by atoms with van der Waals surface area (Å²) in [5.41, 5.74) is -0.478. The molecular weight excluding hydrogens is 602 g/mol. The maximum absolute atomic E-state index is 12.9. The van der Waals surface area contributed by atoms with Gasteiger partial charge >= 0.3 is 17.9 Å². The topological polar surface area (TPSA) is 132 Å². The lowest BCUT2D eigenvalue weighted by atomic mass is 9.93. The third-order valence-corrected chi connectivity index (χ3v) is 8.14. The van der Waals surface area contributed by atoms with Crippen LogP contribution in [0.3, 0.4) is 0 Å². The van der Waals surface area contributed by atoms with E-state index < -0.39 is 36.4 Å². The lowest BCUT2D eigenvalue weighted by Gasteiger charge is -2.30. The molecule has 2 bridgehead atoms. The standard InChI is InChI=1S/C34H34ClNO9/c1-3-36(4-2)17-5-6-18-42-24-13-9-22(10-14-24)29(21-7-11-23(37)12-8-21)30(35)25-15-16-26-32-31(25)44-28(39)20-34(41,33(40)45-32)19-27(38)43-26/h7-16,37,41H,3-6,17-20H2,1-2H3/b30-29-. The van der Waals surface area contributed by atoms with Crippen molar-refractivity contribution in [1.82, 2.24) is 4.90 Å². The largest absolute Gasteiger partial charge is 0.508 e. The number of hydrogen-bond donors (Lipinski definition) is 2. The van der Waals surface area contributed by atoms with Crippen LogP contribution in [0.5, 0.6) is 28.7 Å². The summed E-state index contributed by atoms with van der Waals surface area (Å²) in [5.74, 6) is -3.09. The maximum atomic E-state index is 12.9. The average molecular weight is 636 g/mol. The van der Waals surface area contributed by atoms with Crippen molar-refractivity contribution in [2.75, 3.05) is 26.2 Å². The first-order chi connectivity index (χ1) is 21.6. The summed E-state index contributed by atoms with van der Waals surface area (Å²) in [5, 5.41) is 20.8. The fraction of sp³-hybridized carbons (Fsp3) is 0.324. The van der Waals surface area contributed by atoms with Crippen LogP contribution in [0.15, 0.2) is 60.7 Å². The summed E-state index contributed by atoms with van der Waals surface area (Å²) in [6.07, 6.45) is 0.344. The molecule has 0 fully saturated rings. The number of fused-ring (bicyclic) bond motifs is 2. The molecule has 0 saturated carbocycles. The van der Waals surface area contributed by atoms with Gasteiger partial charge in [0.2, 0.25) is 5.75 Å². The molecule has 1 atom stereocenters. The molecule has 11 heteroatoms. The van der Waals surface area contributed by atoms with Gasteiger partial charge < -0.3 is 34.1 Å². The molecule has 2 aliphatic rings. The van der Waals surface area contributed by atoms with Gasteiger partial charge in [0.05, 0.1) is 24.5 Å². The fourth-order valence-corrected chi connectivity index (χ4v) is 5.61. The summed E-state index contributed by atoms with van der Waals surface area (Å²) < 4.78 is 22.3. The minimum Gasteiger partial charge on any atom is -0.508 e. The van der Waals surface area contributed by atoms with Crippen LogP contribution >= 0.6 is 11.6 Å². The average Bonchev–Trinajstić information content (AvgIpc) is 3.01. The number of aromatic hydroxyl groups is 1. The van der Waals surface area contributed by atoms with Gasteiger partial charge in [0.15, 0.2) is 17.1 Å². The molecule has 0 aromatic heterocycles. The van der Waals surface area contributed by atoms with E-state index in [4.69, 9.17) is 30.5 Å². The van der Waals surface area contributed by atoms with E-state index in [1.54, 1.807) is 12.1 Å². The van der Waals surface area contributed by atoms with E-state index in [1.165, 1.54) is 24.3 Å². The van der Waals surface area contributed by atoms with Crippen LogP contribution in [0.25, 0.3) is 10.6 Å². The quantitative estimate of drug-likeness (QED) is 0.124. The number of hydrogen-bond acceptors (Lipinski definition) is 10. The first kappa shape index (κ1) is 32.0. The van der Waals surface area contributed by atoms with Crippen LogP contribution in [-0.4, -0.2) is 64.9 Å². The first-order valence-corrected chi connectivity index (χ1v) is 15.2. The van der Waals surface area contributed by atoms with Crippen molar-refractivity contribution < 1.29 is 43.5 Å². The van der Waals surface area contributed by atoms with E-state index in [0.717, 1.165) is 32.5 Å². The van der Waals surface area contributed by atoms with Gasteiger partial charge in [-0.3, -0.25) is 9.59 Å². The van der Waals surface area contributed by atoms with Gasteiger partial charge in [-0.05, 0) is 80.0 Å². The Kier molecular flexibility index (Phi) is 9.77. The zero-order chi connectivity index (χ0) is 32.1. The van der Waals surface area contributed by atoms with E-state index >= 15 is 0 Å². The van der Waals surface area contributed by atoms with Gasteiger partial charge in [-0.15, -0.1) is 0 Å². The Morgan fingerprint density at radius 3 is 2.11 bits per heavy atom. The fourth-order valence-electron chi connectivity index (χ4n) is 5.24. The number of unbranched alkanes of at least 4 members (excludes halogenated alkanes) is 1. The summed E-state index contributed by atoms with van der Waals surface area (Å²) in [4.78, 5) is 40.6. The maximum Gasteiger partial charge on any atom is 0.345 e. The number of phenols is 1.